The molecule has 1 aliphatic rings. The number of carbonyl (C=O) groups excluding carboxylic acids is 2. The van der Waals surface area contributed by atoms with Gasteiger partial charge in [0.15, 0.2) is 5.82 Å². The van der Waals surface area contributed by atoms with Gasteiger partial charge in [0.25, 0.3) is 5.91 Å². The average Bonchev–Trinajstić information content (AvgIpc) is 3.33. The number of aromatic nitrogens is 3. The topological polar surface area (TPSA) is 105 Å². The highest BCUT2D eigenvalue weighted by Crippen LogP contribution is 2.29. The third-order valence-electron chi connectivity index (χ3n) is 6.27. The number of aryl methyl sites for hydroxylation is 1. The molecule has 1 fully saturated rings. The molecular weight excluding hydrogens is 572 g/mol. The van der Waals surface area contributed by atoms with Gasteiger partial charge in [0, 0.05) is 50.8 Å². The van der Waals surface area contributed by atoms with Gasteiger partial charge >= 0.3 is 18.6 Å². The smallest absolute Gasteiger partial charge is 0.406 e. The monoisotopic (exact) mass is 599 g/mol. The van der Waals surface area contributed by atoms with E-state index in [0.717, 1.165) is 37.2 Å². The van der Waals surface area contributed by atoms with Crippen LogP contribution in [0.1, 0.15) is 35.9 Å². The number of carbonyl (C=O) groups is 2. The van der Waals surface area contributed by atoms with Crippen LogP contribution >= 0.6 is 0 Å². The zero-order valence-corrected chi connectivity index (χ0v) is 22.3. The van der Waals surface area contributed by atoms with Crippen molar-refractivity contribution in [1.82, 2.24) is 19.4 Å². The summed E-state index contributed by atoms with van der Waals surface area (Å²) in [7, 11) is 0. The molecule has 3 aromatic rings. The van der Waals surface area contributed by atoms with E-state index in [2.05, 4.69) is 25.3 Å². The SMILES string of the molecule is CCCCn1cc(NC(=O)Nc2ccc(OC(F)(F)F)cc2)nc1C(=O)N1CCN(c2ccc(C(F)(F)F)cn2)CC1. The van der Waals surface area contributed by atoms with Gasteiger partial charge in [-0.2, -0.15) is 13.2 Å². The summed E-state index contributed by atoms with van der Waals surface area (Å²) < 4.78 is 81.0. The number of anilines is 3. The second kappa shape index (κ2) is 12.6. The zero-order valence-electron chi connectivity index (χ0n) is 22.3. The first-order valence-electron chi connectivity index (χ1n) is 12.9. The van der Waals surface area contributed by atoms with Gasteiger partial charge in [-0.1, -0.05) is 13.3 Å². The van der Waals surface area contributed by atoms with Crippen LogP contribution in [0.25, 0.3) is 0 Å². The predicted molar refractivity (Wildman–Crippen MR) is 140 cm³/mol. The Morgan fingerprint density at radius 1 is 0.952 bits per heavy atom. The highest BCUT2D eigenvalue weighted by Gasteiger charge is 2.32. The molecular formula is C26H27F6N7O3. The summed E-state index contributed by atoms with van der Waals surface area (Å²) in [6.07, 6.45) is -5.45. The number of urea groups is 1. The van der Waals surface area contributed by atoms with Gasteiger partial charge in [-0.05, 0) is 42.8 Å². The first-order valence-corrected chi connectivity index (χ1v) is 12.9. The molecule has 0 atom stereocenters. The van der Waals surface area contributed by atoms with Crippen LogP contribution in [0.3, 0.4) is 0 Å². The largest absolute Gasteiger partial charge is 0.573 e. The number of halogens is 6. The fourth-order valence-corrected chi connectivity index (χ4v) is 4.19. The molecule has 1 saturated heterocycles. The maximum atomic E-state index is 13.4. The van der Waals surface area contributed by atoms with E-state index in [0.29, 0.717) is 25.5 Å². The van der Waals surface area contributed by atoms with Crippen LogP contribution in [0.5, 0.6) is 5.75 Å². The van der Waals surface area contributed by atoms with E-state index in [1.54, 1.807) is 14.4 Å². The Labute approximate surface area is 236 Å². The van der Waals surface area contributed by atoms with E-state index in [1.165, 1.54) is 24.4 Å². The molecule has 1 aliphatic heterocycles. The number of nitrogens with zero attached hydrogens (tertiary/aromatic N) is 5. The number of piperazine rings is 1. The fourth-order valence-electron chi connectivity index (χ4n) is 4.19. The Hall–Kier alpha value is -4.50. The summed E-state index contributed by atoms with van der Waals surface area (Å²) in [4.78, 5) is 37.4. The predicted octanol–water partition coefficient (Wildman–Crippen LogP) is 5.60. The molecule has 3 amide bonds. The first kappa shape index (κ1) is 30.5. The highest BCUT2D eigenvalue weighted by atomic mass is 19.4. The van der Waals surface area contributed by atoms with Crippen molar-refractivity contribution in [2.24, 2.45) is 0 Å². The first-order chi connectivity index (χ1) is 19.8. The van der Waals surface area contributed by atoms with E-state index in [9.17, 15) is 35.9 Å². The number of hydrogen-bond acceptors (Lipinski definition) is 6. The minimum atomic E-state index is -4.84. The molecule has 4 rings (SSSR count). The van der Waals surface area contributed by atoms with Crippen molar-refractivity contribution in [3.8, 4) is 5.75 Å². The number of amides is 3. The fraction of sp³-hybridized carbons (Fsp3) is 0.385. The van der Waals surface area contributed by atoms with Crippen molar-refractivity contribution in [1.29, 1.82) is 0 Å². The third-order valence-corrected chi connectivity index (χ3v) is 6.27. The van der Waals surface area contributed by atoms with E-state index in [1.807, 2.05) is 6.92 Å². The van der Waals surface area contributed by atoms with Gasteiger partial charge in [-0.15, -0.1) is 13.2 Å². The summed E-state index contributed by atoms with van der Waals surface area (Å²) >= 11 is 0. The Morgan fingerprint density at radius 2 is 1.64 bits per heavy atom. The van der Waals surface area contributed by atoms with Crippen molar-refractivity contribution >= 4 is 29.3 Å². The minimum Gasteiger partial charge on any atom is -0.406 e. The lowest BCUT2D eigenvalue weighted by atomic mass is 10.2. The molecule has 226 valence electrons. The molecule has 2 N–H and O–H groups in total. The second-order valence-corrected chi connectivity index (χ2v) is 9.33. The number of nitrogens with one attached hydrogen (secondary N) is 2. The van der Waals surface area contributed by atoms with Gasteiger partial charge in [-0.25, -0.2) is 14.8 Å². The Morgan fingerprint density at radius 3 is 2.21 bits per heavy atom. The summed E-state index contributed by atoms with van der Waals surface area (Å²) in [5.41, 5.74) is -0.644. The van der Waals surface area contributed by atoms with E-state index in [4.69, 9.17) is 0 Å². The number of hydrogen-bond donors (Lipinski definition) is 2. The Bertz CT molecular complexity index is 1370. The molecule has 42 heavy (non-hydrogen) atoms. The normalized spacial score (nSPS) is 14.1. The molecule has 0 radical (unpaired) electrons. The number of ether oxygens (including phenoxy) is 1. The molecule has 0 spiro atoms. The molecule has 3 heterocycles. The van der Waals surface area contributed by atoms with Gasteiger partial charge < -0.3 is 24.4 Å². The summed E-state index contributed by atoms with van der Waals surface area (Å²) in [6, 6.07) is 6.10. The van der Waals surface area contributed by atoms with Gasteiger partial charge in [0.2, 0.25) is 5.82 Å². The number of unbranched alkanes of at least 4 members (excludes halogenated alkanes) is 1. The lowest BCUT2D eigenvalue weighted by molar-refractivity contribution is -0.274. The van der Waals surface area contributed by atoms with E-state index >= 15 is 0 Å². The van der Waals surface area contributed by atoms with Crippen LogP contribution in [0.4, 0.5) is 48.5 Å². The minimum absolute atomic E-state index is 0.0940. The van der Waals surface area contributed by atoms with Crippen molar-refractivity contribution in [2.75, 3.05) is 41.7 Å². The molecule has 0 bridgehead atoms. The maximum Gasteiger partial charge on any atom is 0.573 e. The van der Waals surface area contributed by atoms with Gasteiger partial charge in [-0.3, -0.25) is 10.1 Å². The van der Waals surface area contributed by atoms with Crippen molar-refractivity contribution in [2.45, 2.75) is 38.8 Å². The number of benzene rings is 1. The number of alkyl halides is 6. The van der Waals surface area contributed by atoms with Crippen LogP contribution in [0.15, 0.2) is 48.8 Å². The summed E-state index contributed by atoms with van der Waals surface area (Å²) in [6.45, 7) is 3.69. The lowest BCUT2D eigenvalue weighted by Crippen LogP contribution is -2.49. The van der Waals surface area contributed by atoms with Crippen molar-refractivity contribution < 1.29 is 40.7 Å². The van der Waals surface area contributed by atoms with E-state index in [-0.39, 0.29) is 36.3 Å². The number of imidazole rings is 1. The zero-order chi connectivity index (χ0) is 30.5. The molecule has 10 nitrogen and oxygen atoms in total. The number of rotatable bonds is 8. The van der Waals surface area contributed by atoms with Crippen molar-refractivity contribution in [3.63, 3.8) is 0 Å². The van der Waals surface area contributed by atoms with Crippen LogP contribution in [-0.2, 0) is 12.7 Å². The lowest BCUT2D eigenvalue weighted by Gasteiger charge is -2.35. The number of pyridine rings is 1. The molecule has 1 aromatic carbocycles. The quantitative estimate of drug-likeness (QED) is 0.327. The van der Waals surface area contributed by atoms with Crippen molar-refractivity contribution in [3.05, 3.63) is 60.2 Å². The van der Waals surface area contributed by atoms with Crippen LogP contribution in [0, 0.1) is 0 Å². The van der Waals surface area contributed by atoms with Crippen LogP contribution in [-0.4, -0.2) is 63.9 Å². The molecule has 2 aromatic heterocycles. The standard InChI is InChI=1S/C26H27F6N7O3/c1-2-3-10-39-16-20(36-24(41)34-18-5-7-19(8-6-18)42-26(30,31)32)35-22(39)23(40)38-13-11-37(12-14-38)21-9-4-17(15-33-21)25(27,28)29/h4-9,15-16H,2-3,10-14H2,1H3,(H2,34,36,41). The van der Waals surface area contributed by atoms with E-state index < -0.39 is 29.9 Å². The van der Waals surface area contributed by atoms with Crippen LogP contribution < -0.4 is 20.3 Å². The Kier molecular flexibility index (Phi) is 9.11. The molecule has 0 aliphatic carbocycles. The average molecular weight is 600 g/mol. The molecule has 0 saturated carbocycles. The summed E-state index contributed by atoms with van der Waals surface area (Å²) in [5, 5.41) is 4.99. The third kappa shape index (κ3) is 8.04. The van der Waals surface area contributed by atoms with Crippen LogP contribution in [0.2, 0.25) is 0 Å². The summed E-state index contributed by atoms with van der Waals surface area (Å²) in [5.74, 6) is -0.243. The van der Waals surface area contributed by atoms with Gasteiger partial charge in [0.1, 0.15) is 11.6 Å². The highest BCUT2D eigenvalue weighted by molar-refractivity contribution is 6.00. The second-order valence-electron chi connectivity index (χ2n) is 9.33. The molecule has 0 unspecified atom stereocenters. The van der Waals surface area contributed by atoms with Gasteiger partial charge in [0.05, 0.1) is 5.56 Å². The maximum absolute atomic E-state index is 13.4. The molecule has 16 heteroatoms. The Balaban J connectivity index is 1.38.